The van der Waals surface area contributed by atoms with Gasteiger partial charge in [-0.2, -0.15) is 0 Å². The molecule has 0 saturated carbocycles. The Labute approximate surface area is 586 Å². The summed E-state index contributed by atoms with van der Waals surface area (Å²) in [6.07, 6.45) is 18.5. The zero-order valence-electron chi connectivity index (χ0n) is 58.7. The van der Waals surface area contributed by atoms with Crippen molar-refractivity contribution in [3.8, 4) is 17.2 Å². The third kappa shape index (κ3) is 23.2. The molecule has 4 N–H and O–H groups in total. The molecule has 0 aliphatic carbocycles. The Bertz CT molecular complexity index is 4290. The lowest BCUT2D eigenvalue weighted by Crippen LogP contribution is -2.41. The van der Waals surface area contributed by atoms with Crippen molar-refractivity contribution in [1.29, 1.82) is 0 Å². The van der Waals surface area contributed by atoms with Gasteiger partial charge in [-0.3, -0.25) is 34.3 Å². The lowest BCUT2D eigenvalue weighted by atomic mass is 9.94. The third-order valence-corrected chi connectivity index (χ3v) is 15.5. The largest absolute Gasteiger partial charge is 0.493 e. The second-order valence-electron chi connectivity index (χ2n) is 27.1. The molecule has 27 nitrogen and oxygen atoms in total. The van der Waals surface area contributed by atoms with E-state index in [4.69, 9.17) is 28.4 Å². The molecule has 0 radical (unpaired) electrons. The van der Waals surface area contributed by atoms with Crippen LogP contribution in [0.5, 0.6) is 17.2 Å². The van der Waals surface area contributed by atoms with Gasteiger partial charge in [-0.15, -0.1) is 0 Å². The van der Waals surface area contributed by atoms with E-state index in [1.165, 1.54) is 31.0 Å². The van der Waals surface area contributed by atoms with E-state index < -0.39 is 34.7 Å². The average Bonchev–Trinajstić information content (AvgIpc) is 0.819. The van der Waals surface area contributed by atoms with Crippen LogP contribution in [-0.2, 0) is 14.2 Å². The highest BCUT2D eigenvalue weighted by Gasteiger charge is 2.29. The van der Waals surface area contributed by atoms with E-state index in [1.807, 2.05) is 97.0 Å². The summed E-state index contributed by atoms with van der Waals surface area (Å²) in [4.78, 5) is 115. The normalized spacial score (nSPS) is 13.5. The number of alkyl carbamates (subject to hydrolysis) is 1. The van der Waals surface area contributed by atoms with Gasteiger partial charge in [0, 0.05) is 110 Å². The van der Waals surface area contributed by atoms with Crippen LogP contribution in [0.3, 0.4) is 0 Å². The number of rotatable bonds is 18. The van der Waals surface area contributed by atoms with E-state index in [9.17, 15) is 28.8 Å². The Morgan fingerprint density at radius 1 is 0.436 bits per heavy atom. The summed E-state index contributed by atoms with van der Waals surface area (Å²) in [5.74, 6) is 1.70. The summed E-state index contributed by atoms with van der Waals surface area (Å²) < 4.78 is 34.0. The molecule has 27 heteroatoms. The summed E-state index contributed by atoms with van der Waals surface area (Å²) in [5, 5.41) is 13.7. The van der Waals surface area contributed by atoms with Gasteiger partial charge in [-0.1, -0.05) is 18.2 Å². The molecule has 0 unspecified atom stereocenters. The summed E-state index contributed by atoms with van der Waals surface area (Å²) in [5.41, 5.74) is 2.96. The topological polar surface area (TPSA) is 328 Å². The SMILES string of the molecule is CC(C)(C)OC(=O)N1CCC(CCOc2cc(NC(=O)c3ncccn3)c3ncccc3c2)CC1.CC(C)(C)OC(=O)NCCOc1cc(NC(=O)c2ncccn2)c2ncccc2c1.Cc1cnc(C(=O)Nc2cc(OCCC3CCN(C(=O)OC(C)(C)C)CC3)cc3cccnc23)cn1. The number of anilines is 3. The predicted octanol–water partition coefficient (Wildman–Crippen LogP) is 12.9. The van der Waals surface area contributed by atoms with Gasteiger partial charge < -0.3 is 59.5 Å². The van der Waals surface area contributed by atoms with Crippen LogP contribution in [0.4, 0.5) is 31.4 Å². The van der Waals surface area contributed by atoms with Gasteiger partial charge in [-0.05, 0) is 168 Å². The Hall–Kier alpha value is -11.3. The molecule has 0 spiro atoms. The minimum absolute atomic E-state index is 0.0504. The number of aryl methyl sites for hydroxylation is 1. The van der Waals surface area contributed by atoms with Crippen LogP contribution < -0.4 is 35.5 Å². The number of hydrogen-bond donors (Lipinski definition) is 4. The monoisotopic (exact) mass is 1380 g/mol. The number of hydrogen-bond acceptors (Lipinski definition) is 21. The van der Waals surface area contributed by atoms with Gasteiger partial charge in [0.1, 0.15) is 46.4 Å². The average molecular weight is 1380 g/mol. The quantitative estimate of drug-likeness (QED) is 0.0458. The van der Waals surface area contributed by atoms with Gasteiger partial charge in [0.25, 0.3) is 17.7 Å². The molecule has 101 heavy (non-hydrogen) atoms. The lowest BCUT2D eigenvalue weighted by Gasteiger charge is -2.33. The molecule has 530 valence electrons. The van der Waals surface area contributed by atoms with Crippen LogP contribution in [0.25, 0.3) is 32.7 Å². The van der Waals surface area contributed by atoms with E-state index in [-0.39, 0.29) is 48.6 Å². The lowest BCUT2D eigenvalue weighted by molar-refractivity contribution is 0.0166. The fourth-order valence-corrected chi connectivity index (χ4v) is 10.7. The fourth-order valence-electron chi connectivity index (χ4n) is 10.7. The molecule has 6 aromatic heterocycles. The first-order chi connectivity index (χ1) is 48.3. The third-order valence-electron chi connectivity index (χ3n) is 15.5. The number of piperidine rings is 2. The molecule has 9 aromatic rings. The molecule has 11 rings (SSSR count). The first-order valence-electron chi connectivity index (χ1n) is 33.5. The first-order valence-corrected chi connectivity index (χ1v) is 33.5. The Kier molecular flexibility index (Phi) is 25.3. The molecule has 2 fully saturated rings. The van der Waals surface area contributed by atoms with Crippen LogP contribution >= 0.6 is 0 Å². The van der Waals surface area contributed by atoms with Gasteiger partial charge in [0.15, 0.2) is 0 Å². The first kappa shape index (κ1) is 74.0. The molecule has 0 bridgehead atoms. The molecule has 8 heterocycles. The number of likely N-dealkylation sites (tertiary alicyclic amines) is 2. The van der Waals surface area contributed by atoms with Gasteiger partial charge >= 0.3 is 18.3 Å². The summed E-state index contributed by atoms with van der Waals surface area (Å²) in [7, 11) is 0. The fraction of sp³-hybridized carbons (Fsp3) is 0.392. The highest BCUT2D eigenvalue weighted by molar-refractivity contribution is 6.09. The minimum atomic E-state index is -0.564. The van der Waals surface area contributed by atoms with Crippen molar-refractivity contribution in [2.45, 2.75) is 125 Å². The van der Waals surface area contributed by atoms with Crippen molar-refractivity contribution in [1.82, 2.24) is 60.0 Å². The summed E-state index contributed by atoms with van der Waals surface area (Å²) >= 11 is 0. The predicted molar refractivity (Wildman–Crippen MR) is 381 cm³/mol. The number of fused-ring (bicyclic) bond motifs is 3. The molecule has 3 aromatic carbocycles. The van der Waals surface area contributed by atoms with Crippen molar-refractivity contribution in [3.05, 3.63) is 164 Å². The van der Waals surface area contributed by atoms with E-state index in [2.05, 4.69) is 66.1 Å². The molecule has 2 aliphatic rings. The van der Waals surface area contributed by atoms with E-state index in [1.54, 1.807) is 91.8 Å². The number of nitrogens with zero attached hydrogens (tertiary/aromatic N) is 11. The molecule has 2 aliphatic heterocycles. The number of benzene rings is 3. The van der Waals surface area contributed by atoms with Gasteiger partial charge in [0.2, 0.25) is 11.6 Å². The van der Waals surface area contributed by atoms with Crippen molar-refractivity contribution >= 4 is 85.8 Å². The van der Waals surface area contributed by atoms with Crippen molar-refractivity contribution < 1.29 is 57.2 Å². The minimum Gasteiger partial charge on any atom is -0.493 e. The number of ether oxygens (including phenoxy) is 6. The molecule has 0 atom stereocenters. The number of carbonyl (C=O) groups excluding carboxylic acids is 6. The van der Waals surface area contributed by atoms with Crippen LogP contribution in [0.15, 0.2) is 141 Å². The van der Waals surface area contributed by atoms with Crippen molar-refractivity contribution in [2.75, 3.05) is 68.5 Å². The van der Waals surface area contributed by atoms with Gasteiger partial charge in [-0.25, -0.2) is 39.3 Å². The second kappa shape index (κ2) is 34.5. The summed E-state index contributed by atoms with van der Waals surface area (Å²) in [6, 6.07) is 25.4. The van der Waals surface area contributed by atoms with Crippen LogP contribution in [0.1, 0.15) is 138 Å². The molecular formula is C74H87N15O12. The second-order valence-corrected chi connectivity index (χ2v) is 27.1. The van der Waals surface area contributed by atoms with Crippen LogP contribution in [0.2, 0.25) is 0 Å². The van der Waals surface area contributed by atoms with E-state index >= 15 is 0 Å². The zero-order chi connectivity index (χ0) is 72.1. The smallest absolute Gasteiger partial charge is 0.410 e. The van der Waals surface area contributed by atoms with Crippen LogP contribution in [-0.4, -0.2) is 160 Å². The maximum absolute atomic E-state index is 12.7. The maximum Gasteiger partial charge on any atom is 0.410 e. The number of pyridine rings is 3. The van der Waals surface area contributed by atoms with Crippen molar-refractivity contribution in [3.63, 3.8) is 0 Å². The standard InChI is InChI=1S/C27H33N5O4.C26H31N5O4.C21H23N5O4/c1-18-16-30-23(17-29-18)25(33)31-22-15-21(14-20-6-5-10-28-24(20)22)35-13-9-19-7-11-32(12-8-19)26(34)36-27(2,3)4;1-26(2,3)35-25(33)31-13-7-18(8-14-31)9-15-34-20-16-19-6-4-10-27-22(19)21(17-20)30-24(32)23-28-11-5-12-29-23;1-21(2,3)30-20(28)25-10-11-29-15-12-14-6-4-7-22-17(14)16(13-15)26-19(27)18-23-8-5-9-24-18/h5-6,10,14-17,19H,7-9,11-13H2,1-4H3,(H,31,33);4-6,10-12,16-18H,7-9,13-15H2,1-3H3,(H,30,32);4-9,12-13H,10-11H2,1-3H3,(H,25,28)(H,26,27). The highest BCUT2D eigenvalue weighted by Crippen LogP contribution is 2.33. The van der Waals surface area contributed by atoms with Crippen LogP contribution in [0, 0.1) is 18.8 Å². The van der Waals surface area contributed by atoms with Crippen molar-refractivity contribution in [2.24, 2.45) is 11.8 Å². The Morgan fingerprint density at radius 3 is 1.17 bits per heavy atom. The molecule has 6 amide bonds. The number of aromatic nitrogens is 9. The zero-order valence-corrected chi connectivity index (χ0v) is 58.7. The van der Waals surface area contributed by atoms with E-state index in [0.717, 1.165) is 60.4 Å². The van der Waals surface area contributed by atoms with E-state index in [0.29, 0.717) is 102 Å². The summed E-state index contributed by atoms with van der Waals surface area (Å²) in [6.45, 7) is 22.8. The number of nitrogens with one attached hydrogen (secondary N) is 4. The maximum atomic E-state index is 12.7. The highest BCUT2D eigenvalue weighted by atomic mass is 16.6. The number of amides is 6. The Morgan fingerprint density at radius 2 is 0.802 bits per heavy atom. The Balaban J connectivity index is 0.000000177. The molecule has 2 saturated heterocycles. The van der Waals surface area contributed by atoms with Gasteiger partial charge in [0.05, 0.1) is 65.3 Å². The molecular weight excluding hydrogens is 1290 g/mol. The number of carbonyl (C=O) groups is 6.